The lowest BCUT2D eigenvalue weighted by atomic mass is 10.1. The predicted molar refractivity (Wildman–Crippen MR) is 63.1 cm³/mol. The van der Waals surface area contributed by atoms with E-state index in [9.17, 15) is 0 Å². The Bertz CT molecular complexity index is 300. The van der Waals surface area contributed by atoms with Gasteiger partial charge in [-0.1, -0.05) is 6.92 Å². The highest BCUT2D eigenvalue weighted by atomic mass is 15.2. The van der Waals surface area contributed by atoms with Crippen LogP contribution in [-0.2, 0) is 0 Å². The highest BCUT2D eigenvalue weighted by Crippen LogP contribution is 2.10. The Hall–Kier alpha value is -1.16. The summed E-state index contributed by atoms with van der Waals surface area (Å²) in [6.07, 6.45) is 1.77. The van der Waals surface area contributed by atoms with E-state index in [1.165, 1.54) is 0 Å². The number of nitrogens with zero attached hydrogens (tertiary/aromatic N) is 3. The molecule has 84 valence electrons. The zero-order valence-corrected chi connectivity index (χ0v) is 9.99. The summed E-state index contributed by atoms with van der Waals surface area (Å²) in [5, 5.41) is 11.2. The van der Waals surface area contributed by atoms with Crippen LogP contribution in [0.3, 0.4) is 0 Å². The van der Waals surface area contributed by atoms with Gasteiger partial charge in [-0.3, -0.25) is 0 Å². The van der Waals surface area contributed by atoms with Gasteiger partial charge in [0, 0.05) is 13.6 Å². The van der Waals surface area contributed by atoms with Crippen molar-refractivity contribution in [2.75, 3.05) is 32.1 Å². The predicted octanol–water partition coefficient (Wildman–Crippen LogP) is 1.08. The Kier molecular flexibility index (Phi) is 4.49. The molecule has 0 radical (unpaired) electrons. The molecule has 1 aromatic rings. The van der Waals surface area contributed by atoms with Gasteiger partial charge in [0.1, 0.15) is 0 Å². The van der Waals surface area contributed by atoms with Gasteiger partial charge in [-0.15, -0.1) is 5.10 Å². The number of hydrogen-bond donors (Lipinski definition) is 1. The molecule has 0 aliphatic carbocycles. The molecule has 1 unspecified atom stereocenters. The first-order valence-electron chi connectivity index (χ1n) is 5.28. The van der Waals surface area contributed by atoms with Crippen LogP contribution in [0.4, 0.5) is 5.82 Å². The Morgan fingerprint density at radius 3 is 2.87 bits per heavy atom. The minimum Gasteiger partial charge on any atom is -0.358 e. The molecule has 0 saturated carbocycles. The zero-order chi connectivity index (χ0) is 11.3. The first kappa shape index (κ1) is 11.9. The summed E-state index contributed by atoms with van der Waals surface area (Å²) >= 11 is 0. The molecule has 0 fully saturated rings. The number of hydrogen-bond acceptors (Lipinski definition) is 4. The third-order valence-corrected chi connectivity index (χ3v) is 2.31. The van der Waals surface area contributed by atoms with Crippen molar-refractivity contribution >= 4 is 5.82 Å². The Morgan fingerprint density at radius 2 is 2.27 bits per heavy atom. The number of anilines is 1. The van der Waals surface area contributed by atoms with Crippen LogP contribution < -0.4 is 10.2 Å². The van der Waals surface area contributed by atoms with E-state index < -0.39 is 0 Å². The summed E-state index contributed by atoms with van der Waals surface area (Å²) in [5.74, 6) is 1.54. The van der Waals surface area contributed by atoms with Crippen LogP contribution in [0.5, 0.6) is 0 Å². The summed E-state index contributed by atoms with van der Waals surface area (Å²) in [7, 11) is 4.03. The summed E-state index contributed by atoms with van der Waals surface area (Å²) < 4.78 is 0. The minimum atomic E-state index is 0.599. The molecule has 4 nitrogen and oxygen atoms in total. The van der Waals surface area contributed by atoms with Gasteiger partial charge in [0.15, 0.2) is 5.82 Å². The van der Waals surface area contributed by atoms with Gasteiger partial charge in [0.2, 0.25) is 0 Å². The van der Waals surface area contributed by atoms with Crippen molar-refractivity contribution in [1.82, 2.24) is 15.5 Å². The van der Waals surface area contributed by atoms with E-state index in [2.05, 4.69) is 40.5 Å². The molecular weight excluding hydrogens is 188 g/mol. The monoisotopic (exact) mass is 208 g/mol. The van der Waals surface area contributed by atoms with Gasteiger partial charge in [-0.25, -0.2) is 0 Å². The summed E-state index contributed by atoms with van der Waals surface area (Å²) in [4.78, 5) is 2.14. The van der Waals surface area contributed by atoms with Crippen molar-refractivity contribution in [3.63, 3.8) is 0 Å². The number of aromatic nitrogens is 2. The molecule has 0 aromatic carbocycles. The number of rotatable bonds is 5. The lowest BCUT2D eigenvalue weighted by Gasteiger charge is -2.21. The maximum atomic E-state index is 4.11. The fourth-order valence-corrected chi connectivity index (χ4v) is 1.61. The molecular formula is C11H20N4. The smallest absolute Gasteiger partial charge is 0.151 e. The van der Waals surface area contributed by atoms with Gasteiger partial charge in [-0.2, -0.15) is 5.10 Å². The molecule has 4 heteroatoms. The molecule has 0 aliphatic heterocycles. The highest BCUT2D eigenvalue weighted by Gasteiger charge is 2.07. The fourth-order valence-electron chi connectivity index (χ4n) is 1.61. The van der Waals surface area contributed by atoms with Crippen LogP contribution >= 0.6 is 0 Å². The second-order valence-corrected chi connectivity index (χ2v) is 4.13. The zero-order valence-electron chi connectivity index (χ0n) is 9.99. The normalized spacial score (nSPS) is 12.5. The molecule has 0 saturated heterocycles. The molecule has 1 rings (SSSR count). The second-order valence-electron chi connectivity index (χ2n) is 4.13. The van der Waals surface area contributed by atoms with E-state index in [0.29, 0.717) is 5.92 Å². The Labute approximate surface area is 91.7 Å². The van der Waals surface area contributed by atoms with Crippen molar-refractivity contribution in [2.45, 2.75) is 13.8 Å². The van der Waals surface area contributed by atoms with Crippen LogP contribution in [-0.4, -0.2) is 37.4 Å². The summed E-state index contributed by atoms with van der Waals surface area (Å²) in [5.41, 5.74) is 1.15. The maximum absolute atomic E-state index is 4.11. The SMILES string of the molecule is CNCC(C)CN(C)c1cc(C)cnn1. The number of nitrogens with one attached hydrogen (secondary N) is 1. The van der Waals surface area contributed by atoms with E-state index in [4.69, 9.17) is 0 Å². The van der Waals surface area contributed by atoms with Crippen molar-refractivity contribution in [3.05, 3.63) is 17.8 Å². The first-order valence-corrected chi connectivity index (χ1v) is 5.28. The van der Waals surface area contributed by atoms with Crippen molar-refractivity contribution in [3.8, 4) is 0 Å². The third kappa shape index (κ3) is 3.83. The molecule has 1 atom stereocenters. The average Bonchev–Trinajstić information content (AvgIpc) is 2.18. The maximum Gasteiger partial charge on any atom is 0.151 e. The molecule has 0 spiro atoms. The summed E-state index contributed by atoms with van der Waals surface area (Å²) in [6, 6.07) is 2.05. The lowest BCUT2D eigenvalue weighted by Crippen LogP contribution is -2.30. The Morgan fingerprint density at radius 1 is 1.53 bits per heavy atom. The van der Waals surface area contributed by atoms with Gasteiger partial charge in [0.05, 0.1) is 6.20 Å². The second kappa shape index (κ2) is 5.66. The lowest BCUT2D eigenvalue weighted by molar-refractivity contribution is 0.540. The van der Waals surface area contributed by atoms with Crippen LogP contribution in [0, 0.1) is 12.8 Å². The molecule has 0 bridgehead atoms. The largest absolute Gasteiger partial charge is 0.358 e. The topological polar surface area (TPSA) is 41.0 Å². The van der Waals surface area contributed by atoms with Crippen LogP contribution in [0.1, 0.15) is 12.5 Å². The van der Waals surface area contributed by atoms with Gasteiger partial charge in [0.25, 0.3) is 0 Å². The Balaban J connectivity index is 2.56. The first-order chi connectivity index (χ1) is 7.13. The molecule has 15 heavy (non-hydrogen) atoms. The van der Waals surface area contributed by atoms with Crippen LogP contribution in [0.2, 0.25) is 0 Å². The van der Waals surface area contributed by atoms with Crippen molar-refractivity contribution in [2.24, 2.45) is 5.92 Å². The quantitative estimate of drug-likeness (QED) is 0.786. The van der Waals surface area contributed by atoms with Gasteiger partial charge < -0.3 is 10.2 Å². The van der Waals surface area contributed by atoms with E-state index in [0.717, 1.165) is 24.5 Å². The molecule has 1 N–H and O–H groups in total. The molecule has 0 amide bonds. The summed E-state index contributed by atoms with van der Waals surface area (Å²) in [6.45, 7) is 6.25. The van der Waals surface area contributed by atoms with E-state index in [1.807, 2.05) is 14.0 Å². The number of aryl methyl sites for hydroxylation is 1. The van der Waals surface area contributed by atoms with Gasteiger partial charge >= 0.3 is 0 Å². The standard InChI is InChI=1S/C11H20N4/c1-9-5-11(14-13-7-9)15(4)8-10(2)6-12-3/h5,7,10,12H,6,8H2,1-4H3. The van der Waals surface area contributed by atoms with Crippen LogP contribution in [0.15, 0.2) is 12.3 Å². The third-order valence-electron chi connectivity index (χ3n) is 2.31. The van der Waals surface area contributed by atoms with E-state index in [1.54, 1.807) is 6.20 Å². The molecule has 1 heterocycles. The minimum absolute atomic E-state index is 0.599. The fraction of sp³-hybridized carbons (Fsp3) is 0.636. The molecule has 1 aromatic heterocycles. The van der Waals surface area contributed by atoms with E-state index >= 15 is 0 Å². The van der Waals surface area contributed by atoms with Crippen molar-refractivity contribution < 1.29 is 0 Å². The van der Waals surface area contributed by atoms with Crippen LogP contribution in [0.25, 0.3) is 0 Å². The highest BCUT2D eigenvalue weighted by molar-refractivity contribution is 5.37. The van der Waals surface area contributed by atoms with Crippen molar-refractivity contribution in [1.29, 1.82) is 0 Å². The average molecular weight is 208 g/mol. The van der Waals surface area contributed by atoms with Gasteiger partial charge in [-0.05, 0) is 38.1 Å². The molecule has 0 aliphatic rings. The van der Waals surface area contributed by atoms with E-state index in [-0.39, 0.29) is 0 Å².